The number of nitrogens with zero attached hydrogens (tertiary/aromatic N) is 3. The maximum atomic E-state index is 2.20. The summed E-state index contributed by atoms with van der Waals surface area (Å²) in [7, 11) is 6.22. The fourth-order valence-corrected chi connectivity index (χ4v) is 1.84. The summed E-state index contributed by atoms with van der Waals surface area (Å²) in [4.78, 5) is 4.36. The van der Waals surface area contributed by atoms with Crippen molar-refractivity contribution in [3.8, 4) is 0 Å². The Morgan fingerprint density at radius 3 is 2.33 bits per heavy atom. The Morgan fingerprint density at radius 2 is 1.78 bits per heavy atom. The molecule has 1 aliphatic rings. The summed E-state index contributed by atoms with van der Waals surface area (Å²) in [5, 5.41) is 0. The van der Waals surface area contributed by atoms with Gasteiger partial charge in [-0.05, 0) is 12.1 Å². The minimum atomic E-state index is 0. The minimum absolute atomic E-state index is 0. The Labute approximate surface area is 143 Å². The summed E-state index contributed by atoms with van der Waals surface area (Å²) in [6.45, 7) is 0. The van der Waals surface area contributed by atoms with Crippen molar-refractivity contribution in [2.24, 2.45) is 7.05 Å². The van der Waals surface area contributed by atoms with Crippen LogP contribution in [0.5, 0.6) is 0 Å². The van der Waals surface area contributed by atoms with Crippen molar-refractivity contribution >= 4 is 30.1 Å². The maximum absolute atomic E-state index is 2.20. The minimum Gasteiger partial charge on any atom is -1.00 e. The van der Waals surface area contributed by atoms with Gasteiger partial charge in [0.15, 0.2) is 6.20 Å². The first kappa shape index (κ1) is 17.7. The van der Waals surface area contributed by atoms with Crippen LogP contribution in [0.4, 0.5) is 0 Å². The Kier molecular flexibility index (Phi) is 7.84. The van der Waals surface area contributed by atoms with Gasteiger partial charge in [0.1, 0.15) is 13.2 Å². The van der Waals surface area contributed by atoms with Gasteiger partial charge in [-0.25, -0.2) is 4.57 Å². The normalized spacial score (nSPS) is 14.8. The molecule has 0 unspecified atom stereocenters. The van der Waals surface area contributed by atoms with E-state index in [1.54, 1.807) is 0 Å². The predicted molar refractivity (Wildman–Crippen MR) is 80.5 cm³/mol. The predicted octanol–water partition coefficient (Wildman–Crippen LogP) is -1.18. The van der Waals surface area contributed by atoms with Crippen LogP contribution in [0.1, 0.15) is 5.69 Å². The number of hydrogen-bond acceptors (Lipinski definition) is 2. The molecule has 0 radical (unpaired) electrons. The molecule has 1 aromatic rings. The van der Waals surface area contributed by atoms with E-state index in [9.17, 15) is 0 Å². The van der Waals surface area contributed by atoms with Gasteiger partial charge in [0, 0.05) is 44.7 Å². The molecular weight excluding hydrogens is 452 g/mol. The molecule has 0 amide bonds. The van der Waals surface area contributed by atoms with E-state index in [1.807, 2.05) is 6.07 Å². The third kappa shape index (κ3) is 4.11. The zero-order valence-corrected chi connectivity index (χ0v) is 15.3. The fourth-order valence-electron chi connectivity index (χ4n) is 1.84. The molecule has 0 N–H and O–H groups in total. The zero-order chi connectivity index (χ0) is 11.5. The molecule has 18 heavy (non-hydrogen) atoms. The van der Waals surface area contributed by atoms with Gasteiger partial charge in [-0.3, -0.25) is 0 Å². The zero-order valence-electron chi connectivity index (χ0n) is 10.8. The molecule has 2 rings (SSSR count). The smallest absolute Gasteiger partial charge is 0.204 e. The lowest BCUT2D eigenvalue weighted by Crippen LogP contribution is -3.00. The van der Waals surface area contributed by atoms with Crippen LogP contribution in [-0.2, 0) is 7.05 Å². The Bertz CT molecular complexity index is 420. The Balaban J connectivity index is 0.00000144. The molecule has 0 aliphatic carbocycles. The number of aryl methyl sites for hydroxylation is 1. The molecule has 5 heteroatoms. The first-order chi connectivity index (χ1) is 7.68. The molecule has 1 aromatic heterocycles. The maximum Gasteiger partial charge on any atom is 0.204 e. The SMILES string of the molecule is CN1C=CN(C)C1/C=C/c1cccc[n+]1C.I.[I-]. The number of hydrogen-bond donors (Lipinski definition) is 0. The van der Waals surface area contributed by atoms with Crippen molar-refractivity contribution < 1.29 is 28.5 Å². The highest BCUT2D eigenvalue weighted by Crippen LogP contribution is 2.13. The first-order valence-corrected chi connectivity index (χ1v) is 5.43. The van der Waals surface area contributed by atoms with Gasteiger partial charge in [-0.1, -0.05) is 0 Å². The molecule has 0 saturated heterocycles. The summed E-state index contributed by atoms with van der Waals surface area (Å²) in [6.07, 6.45) is 10.9. The summed E-state index contributed by atoms with van der Waals surface area (Å²) >= 11 is 0. The van der Waals surface area contributed by atoms with E-state index in [0.717, 1.165) is 0 Å². The first-order valence-electron chi connectivity index (χ1n) is 5.43. The molecule has 0 bridgehead atoms. The van der Waals surface area contributed by atoms with Crippen molar-refractivity contribution in [1.29, 1.82) is 0 Å². The number of aromatic nitrogens is 1. The second-order valence-electron chi connectivity index (χ2n) is 4.14. The van der Waals surface area contributed by atoms with E-state index in [4.69, 9.17) is 0 Å². The number of rotatable bonds is 2. The molecule has 1 aliphatic heterocycles. The molecule has 3 nitrogen and oxygen atoms in total. The fraction of sp³-hybridized carbons (Fsp3) is 0.308. The molecule has 100 valence electrons. The summed E-state index contributed by atoms with van der Waals surface area (Å²) in [6, 6.07) is 6.20. The molecular formula is C13H19I2N3. The lowest BCUT2D eigenvalue weighted by Gasteiger charge is -2.23. The molecule has 0 fully saturated rings. The lowest BCUT2D eigenvalue weighted by molar-refractivity contribution is -0.673. The van der Waals surface area contributed by atoms with Gasteiger partial charge in [-0.15, -0.1) is 24.0 Å². The van der Waals surface area contributed by atoms with Crippen molar-refractivity contribution in [1.82, 2.24) is 9.80 Å². The van der Waals surface area contributed by atoms with Crippen LogP contribution in [0.3, 0.4) is 0 Å². The van der Waals surface area contributed by atoms with Gasteiger partial charge in [0.2, 0.25) is 5.69 Å². The Hall–Kier alpha value is -0.310. The van der Waals surface area contributed by atoms with E-state index in [-0.39, 0.29) is 48.0 Å². The van der Waals surface area contributed by atoms with E-state index < -0.39 is 0 Å². The number of halogens is 2. The van der Waals surface area contributed by atoms with Crippen LogP contribution >= 0.6 is 24.0 Å². The topological polar surface area (TPSA) is 10.4 Å². The van der Waals surface area contributed by atoms with E-state index in [2.05, 4.69) is 78.4 Å². The average molecular weight is 471 g/mol. The highest BCUT2D eigenvalue weighted by atomic mass is 127. The van der Waals surface area contributed by atoms with Gasteiger partial charge in [-0.2, -0.15) is 0 Å². The second-order valence-corrected chi connectivity index (χ2v) is 4.14. The van der Waals surface area contributed by atoms with Crippen LogP contribution in [0.25, 0.3) is 6.08 Å². The highest BCUT2D eigenvalue weighted by Gasteiger charge is 2.17. The van der Waals surface area contributed by atoms with E-state index >= 15 is 0 Å². The van der Waals surface area contributed by atoms with Gasteiger partial charge >= 0.3 is 0 Å². The molecule has 0 saturated carbocycles. The summed E-state index contributed by atoms with van der Waals surface area (Å²) < 4.78 is 2.11. The molecule has 2 heterocycles. The van der Waals surface area contributed by atoms with E-state index in [1.165, 1.54) is 5.69 Å². The summed E-state index contributed by atoms with van der Waals surface area (Å²) in [5.74, 6) is 0. The lowest BCUT2D eigenvalue weighted by atomic mass is 10.3. The van der Waals surface area contributed by atoms with Gasteiger partial charge < -0.3 is 33.8 Å². The van der Waals surface area contributed by atoms with Crippen molar-refractivity contribution in [3.63, 3.8) is 0 Å². The van der Waals surface area contributed by atoms with Crippen molar-refractivity contribution in [3.05, 3.63) is 48.6 Å². The van der Waals surface area contributed by atoms with E-state index in [0.29, 0.717) is 6.17 Å². The van der Waals surface area contributed by atoms with Crippen LogP contribution in [0.2, 0.25) is 0 Å². The Morgan fingerprint density at radius 1 is 1.17 bits per heavy atom. The van der Waals surface area contributed by atoms with Crippen LogP contribution < -0.4 is 28.5 Å². The standard InChI is InChI=1S/C13H18N3.2HI/c1-14-9-5-4-6-12(14)7-8-13-15(2)10-11-16(13)3;;/h4-11,13H,1-3H3;2*1H/q+1;;/p-1/b8-7+;;. The van der Waals surface area contributed by atoms with Crippen LogP contribution in [-0.4, -0.2) is 30.1 Å². The van der Waals surface area contributed by atoms with Gasteiger partial charge in [0.25, 0.3) is 0 Å². The monoisotopic (exact) mass is 471 g/mol. The largest absolute Gasteiger partial charge is 1.00 e. The third-order valence-corrected chi connectivity index (χ3v) is 2.91. The molecule has 0 spiro atoms. The van der Waals surface area contributed by atoms with Crippen LogP contribution in [0, 0.1) is 0 Å². The average Bonchev–Trinajstić information content (AvgIpc) is 2.58. The van der Waals surface area contributed by atoms with Crippen LogP contribution in [0.15, 0.2) is 42.9 Å². The molecule has 0 aromatic carbocycles. The van der Waals surface area contributed by atoms with Crippen molar-refractivity contribution in [2.45, 2.75) is 6.17 Å². The van der Waals surface area contributed by atoms with Crippen molar-refractivity contribution in [2.75, 3.05) is 14.1 Å². The summed E-state index contributed by atoms with van der Waals surface area (Å²) in [5.41, 5.74) is 1.20. The number of pyridine rings is 1. The van der Waals surface area contributed by atoms with Gasteiger partial charge in [0.05, 0.1) is 0 Å². The highest BCUT2D eigenvalue weighted by molar-refractivity contribution is 14.0. The third-order valence-electron chi connectivity index (χ3n) is 2.91. The number of likely N-dealkylation sites (N-methyl/N-ethyl adjacent to an activating group) is 2. The molecule has 0 atom stereocenters. The quantitative estimate of drug-likeness (QED) is 0.398. The second kappa shape index (κ2) is 7.98.